The van der Waals surface area contributed by atoms with Crippen LogP contribution in [0.4, 0.5) is 0 Å². The largest absolute Gasteiger partial charge is 0.490 e. The first-order chi connectivity index (χ1) is 7.15. The van der Waals surface area contributed by atoms with Crippen LogP contribution in [0.2, 0.25) is 5.02 Å². The van der Waals surface area contributed by atoms with Crippen molar-refractivity contribution in [2.24, 2.45) is 0 Å². The Labute approximate surface area is 93.5 Å². The van der Waals surface area contributed by atoms with Crippen LogP contribution < -0.4 is 10.2 Å². The molecule has 0 bridgehead atoms. The molecule has 0 saturated heterocycles. The summed E-state index contributed by atoms with van der Waals surface area (Å²) in [7, 11) is 0.0615. The second-order valence-electron chi connectivity index (χ2n) is 2.90. The van der Waals surface area contributed by atoms with E-state index in [-0.39, 0.29) is 0 Å². The molecule has 0 aliphatic carbocycles. The first-order valence-electron chi connectivity index (χ1n) is 4.42. The molecule has 0 aliphatic heterocycles. The predicted octanol–water partition coefficient (Wildman–Crippen LogP) is 0.0450. The molecule has 0 amide bonds. The number of methoxy groups -OCH3 is 1. The van der Waals surface area contributed by atoms with Crippen LogP contribution in [-0.2, 0) is 4.74 Å². The molecule has 4 nitrogen and oxygen atoms in total. The lowest BCUT2D eigenvalue weighted by Crippen LogP contribution is -2.29. The van der Waals surface area contributed by atoms with Crippen molar-refractivity contribution in [1.29, 1.82) is 0 Å². The second-order valence-corrected chi connectivity index (χ2v) is 3.31. The van der Waals surface area contributed by atoms with Crippen LogP contribution in [0.5, 0.6) is 5.75 Å². The smallest absolute Gasteiger partial charge is 0.488 e. The third kappa shape index (κ3) is 3.72. The fourth-order valence-electron chi connectivity index (χ4n) is 1.03. The van der Waals surface area contributed by atoms with Crippen LogP contribution in [0.1, 0.15) is 0 Å². The lowest BCUT2D eigenvalue weighted by Gasteiger charge is -2.08. The monoisotopic (exact) mass is 230 g/mol. The topological polar surface area (TPSA) is 58.9 Å². The van der Waals surface area contributed by atoms with Gasteiger partial charge in [0.1, 0.15) is 12.4 Å². The summed E-state index contributed by atoms with van der Waals surface area (Å²) in [6.45, 7) is 0.873. The molecule has 0 spiro atoms. The van der Waals surface area contributed by atoms with Gasteiger partial charge in [-0.25, -0.2) is 0 Å². The van der Waals surface area contributed by atoms with Crippen molar-refractivity contribution in [2.75, 3.05) is 20.3 Å². The number of halogens is 1. The predicted molar refractivity (Wildman–Crippen MR) is 58.6 cm³/mol. The Morgan fingerprint density at radius 2 is 2.07 bits per heavy atom. The van der Waals surface area contributed by atoms with Crippen molar-refractivity contribution in [2.45, 2.75) is 0 Å². The number of hydrogen-bond acceptors (Lipinski definition) is 4. The number of benzene rings is 1. The molecule has 0 aromatic heterocycles. The van der Waals surface area contributed by atoms with E-state index in [1.54, 1.807) is 19.2 Å². The van der Waals surface area contributed by atoms with Crippen molar-refractivity contribution >= 4 is 24.2 Å². The van der Waals surface area contributed by atoms with Gasteiger partial charge in [-0.3, -0.25) is 0 Å². The van der Waals surface area contributed by atoms with Crippen molar-refractivity contribution in [3.8, 4) is 5.75 Å². The van der Waals surface area contributed by atoms with Crippen LogP contribution >= 0.6 is 11.6 Å². The summed E-state index contributed by atoms with van der Waals surface area (Å²) in [4.78, 5) is 0. The molecule has 15 heavy (non-hydrogen) atoms. The second kappa shape index (κ2) is 5.97. The molecule has 0 atom stereocenters. The summed E-state index contributed by atoms with van der Waals surface area (Å²) in [5.74, 6) is 0.498. The molecule has 0 fully saturated rings. The Hall–Kier alpha value is -0.745. The minimum absolute atomic E-state index is 0.332. The zero-order chi connectivity index (χ0) is 11.3. The van der Waals surface area contributed by atoms with Gasteiger partial charge in [0.15, 0.2) is 0 Å². The van der Waals surface area contributed by atoms with Crippen LogP contribution in [-0.4, -0.2) is 37.5 Å². The van der Waals surface area contributed by atoms with Gasteiger partial charge in [0, 0.05) is 7.11 Å². The van der Waals surface area contributed by atoms with E-state index >= 15 is 0 Å². The molecular formula is C9H12BClO4. The maximum Gasteiger partial charge on any atom is 0.488 e. The maximum atomic E-state index is 8.89. The van der Waals surface area contributed by atoms with Crippen molar-refractivity contribution in [3.63, 3.8) is 0 Å². The summed E-state index contributed by atoms with van der Waals surface area (Å²) in [5, 5.41) is 18.1. The zero-order valence-electron chi connectivity index (χ0n) is 8.31. The number of hydrogen-bond donors (Lipinski definition) is 2. The van der Waals surface area contributed by atoms with E-state index in [0.29, 0.717) is 29.4 Å². The lowest BCUT2D eigenvalue weighted by atomic mass is 9.80. The van der Waals surface area contributed by atoms with E-state index in [1.807, 2.05) is 0 Å². The molecule has 82 valence electrons. The molecule has 0 radical (unpaired) electrons. The highest BCUT2D eigenvalue weighted by Crippen LogP contribution is 2.22. The maximum absolute atomic E-state index is 8.89. The average molecular weight is 230 g/mol. The fourth-order valence-corrected chi connectivity index (χ4v) is 1.27. The van der Waals surface area contributed by atoms with Crippen LogP contribution in [0.25, 0.3) is 0 Å². The minimum atomic E-state index is -1.52. The van der Waals surface area contributed by atoms with Gasteiger partial charge in [-0.2, -0.15) is 0 Å². The van der Waals surface area contributed by atoms with Gasteiger partial charge in [-0.05, 0) is 17.6 Å². The van der Waals surface area contributed by atoms with Gasteiger partial charge in [-0.15, -0.1) is 0 Å². The fraction of sp³-hybridized carbons (Fsp3) is 0.333. The van der Waals surface area contributed by atoms with Crippen LogP contribution in [0, 0.1) is 0 Å². The van der Waals surface area contributed by atoms with E-state index in [4.69, 9.17) is 31.1 Å². The Kier molecular flexibility index (Phi) is 4.91. The first kappa shape index (κ1) is 12.3. The zero-order valence-corrected chi connectivity index (χ0v) is 9.07. The molecule has 0 aliphatic rings. The highest BCUT2D eigenvalue weighted by atomic mass is 35.5. The van der Waals surface area contributed by atoms with Gasteiger partial charge in [0.2, 0.25) is 0 Å². The van der Waals surface area contributed by atoms with Crippen molar-refractivity contribution in [3.05, 3.63) is 23.2 Å². The summed E-state index contributed by atoms with van der Waals surface area (Å²) in [5.41, 5.74) is 0.332. The average Bonchev–Trinajstić information content (AvgIpc) is 2.20. The van der Waals surface area contributed by atoms with Gasteiger partial charge in [0.25, 0.3) is 0 Å². The molecule has 0 unspecified atom stereocenters. The Morgan fingerprint density at radius 3 is 2.60 bits per heavy atom. The van der Waals surface area contributed by atoms with Gasteiger partial charge in [0.05, 0.1) is 11.6 Å². The van der Waals surface area contributed by atoms with Crippen molar-refractivity contribution < 1.29 is 19.5 Å². The van der Waals surface area contributed by atoms with E-state index < -0.39 is 7.12 Å². The molecule has 6 heteroatoms. The molecule has 1 rings (SSSR count). The summed E-state index contributed by atoms with van der Waals surface area (Å²) in [6.07, 6.45) is 0. The van der Waals surface area contributed by atoms with E-state index in [9.17, 15) is 0 Å². The van der Waals surface area contributed by atoms with E-state index in [0.717, 1.165) is 0 Å². The summed E-state index contributed by atoms with van der Waals surface area (Å²) >= 11 is 5.86. The summed E-state index contributed by atoms with van der Waals surface area (Å²) in [6, 6.07) is 4.58. The Bertz CT molecular complexity index is 319. The third-order valence-electron chi connectivity index (χ3n) is 1.80. The highest BCUT2D eigenvalue weighted by molar-refractivity contribution is 6.59. The van der Waals surface area contributed by atoms with Gasteiger partial charge < -0.3 is 19.5 Å². The quantitative estimate of drug-likeness (QED) is 0.554. The standard InChI is InChI=1S/C9H12BClO4/c1-14-4-5-15-9-3-2-7(10(12)13)6-8(9)11/h2-3,6,12-13H,4-5H2,1H3. The number of ether oxygens (including phenoxy) is 2. The summed E-state index contributed by atoms with van der Waals surface area (Å²) < 4.78 is 10.1. The normalized spacial score (nSPS) is 10.1. The highest BCUT2D eigenvalue weighted by Gasteiger charge is 2.12. The van der Waals surface area contributed by atoms with Crippen LogP contribution in [0.15, 0.2) is 18.2 Å². The molecule has 0 saturated carbocycles. The SMILES string of the molecule is COCCOc1ccc(B(O)O)cc1Cl. The Morgan fingerprint density at radius 1 is 1.33 bits per heavy atom. The van der Waals surface area contributed by atoms with E-state index in [1.165, 1.54) is 6.07 Å². The van der Waals surface area contributed by atoms with E-state index in [2.05, 4.69) is 0 Å². The molecule has 0 heterocycles. The first-order valence-corrected chi connectivity index (χ1v) is 4.80. The minimum Gasteiger partial charge on any atom is -0.490 e. The van der Waals surface area contributed by atoms with Crippen molar-refractivity contribution in [1.82, 2.24) is 0 Å². The third-order valence-corrected chi connectivity index (χ3v) is 2.09. The lowest BCUT2D eigenvalue weighted by molar-refractivity contribution is 0.146. The molecular weight excluding hydrogens is 218 g/mol. The Balaban J connectivity index is 2.66. The van der Waals surface area contributed by atoms with Crippen LogP contribution in [0.3, 0.4) is 0 Å². The molecule has 1 aromatic rings. The van der Waals surface area contributed by atoms with Gasteiger partial charge in [-0.1, -0.05) is 17.7 Å². The van der Waals surface area contributed by atoms with Gasteiger partial charge >= 0.3 is 7.12 Å². The number of rotatable bonds is 5. The molecule has 2 N–H and O–H groups in total. The molecule has 1 aromatic carbocycles.